The summed E-state index contributed by atoms with van der Waals surface area (Å²) in [5.41, 5.74) is 11.8. The van der Waals surface area contributed by atoms with E-state index in [9.17, 15) is 31.1 Å². The second-order valence-electron chi connectivity index (χ2n) is 9.49. The van der Waals surface area contributed by atoms with E-state index in [1.807, 2.05) is 27.7 Å². The Balaban J connectivity index is 0.000000743. The SMILES string of the molecule is CC/C(N)=C(\C)CCc1ccc(C(F)(F)F)cc1.CCCC(CCC)N(C(C)=O)c1ccccc1C(F)(F)F.CN. The first-order chi connectivity index (χ1) is 19.2. The van der Waals surface area contributed by atoms with Crippen molar-refractivity contribution in [3.05, 3.63) is 76.5 Å². The average Bonchev–Trinajstić information content (AvgIpc) is 2.92. The van der Waals surface area contributed by atoms with Crippen molar-refractivity contribution < 1.29 is 31.1 Å². The van der Waals surface area contributed by atoms with E-state index in [1.54, 1.807) is 0 Å². The molecule has 0 bridgehead atoms. The number of hydrogen-bond donors (Lipinski definition) is 2. The molecule has 0 fully saturated rings. The van der Waals surface area contributed by atoms with Crippen LogP contribution in [-0.2, 0) is 23.6 Å². The van der Waals surface area contributed by atoms with Crippen molar-refractivity contribution in [2.75, 3.05) is 11.9 Å². The number of rotatable bonds is 10. The number of nitrogens with zero attached hydrogens (tertiary/aromatic N) is 1. The monoisotopic (exact) mass is 589 g/mol. The summed E-state index contributed by atoms with van der Waals surface area (Å²) in [5.74, 6) is -0.349. The minimum Gasteiger partial charge on any atom is -0.402 e. The summed E-state index contributed by atoms with van der Waals surface area (Å²) in [7, 11) is 1.50. The number of para-hydroxylation sites is 1. The molecular weight excluding hydrogens is 544 g/mol. The number of halogens is 6. The molecule has 0 spiro atoms. The summed E-state index contributed by atoms with van der Waals surface area (Å²) in [6, 6.07) is 10.4. The van der Waals surface area contributed by atoms with Gasteiger partial charge in [0.1, 0.15) is 0 Å². The largest absolute Gasteiger partial charge is 0.418 e. The lowest BCUT2D eigenvalue weighted by molar-refractivity contribution is -0.138. The van der Waals surface area contributed by atoms with Crippen molar-refractivity contribution in [2.45, 2.75) is 98.0 Å². The molecule has 2 rings (SSSR count). The highest BCUT2D eigenvalue weighted by atomic mass is 19.4. The number of hydrogen-bond acceptors (Lipinski definition) is 3. The molecule has 0 unspecified atom stereocenters. The molecule has 0 aliphatic carbocycles. The van der Waals surface area contributed by atoms with Crippen LogP contribution in [0.2, 0.25) is 0 Å². The van der Waals surface area contributed by atoms with Crippen LogP contribution in [0, 0.1) is 0 Å². The highest BCUT2D eigenvalue weighted by Gasteiger charge is 2.36. The molecule has 4 N–H and O–H groups in total. The molecule has 0 saturated heterocycles. The van der Waals surface area contributed by atoms with Gasteiger partial charge >= 0.3 is 12.4 Å². The molecule has 10 heteroatoms. The molecule has 0 heterocycles. The lowest BCUT2D eigenvalue weighted by atomic mass is 10.0. The van der Waals surface area contributed by atoms with Gasteiger partial charge in [0.2, 0.25) is 5.91 Å². The minimum absolute atomic E-state index is 0.0376. The highest BCUT2D eigenvalue weighted by molar-refractivity contribution is 5.93. The lowest BCUT2D eigenvalue weighted by Crippen LogP contribution is -2.40. The number of anilines is 1. The number of carbonyl (C=O) groups excluding carboxylic acids is 1. The molecule has 0 aliphatic heterocycles. The smallest absolute Gasteiger partial charge is 0.402 e. The summed E-state index contributed by atoms with van der Waals surface area (Å²) in [6.07, 6.45) is -3.40. The van der Waals surface area contributed by atoms with Gasteiger partial charge in [0.05, 0.1) is 16.8 Å². The first-order valence-electron chi connectivity index (χ1n) is 13.8. The number of allylic oxidation sites excluding steroid dienone is 2. The molecule has 0 radical (unpaired) electrons. The number of benzene rings is 2. The Bertz CT molecular complexity index is 1060. The molecule has 2 aromatic rings. The summed E-state index contributed by atoms with van der Waals surface area (Å²) < 4.78 is 76.6. The van der Waals surface area contributed by atoms with E-state index in [2.05, 4.69) is 5.73 Å². The van der Waals surface area contributed by atoms with Gasteiger partial charge in [-0.3, -0.25) is 4.79 Å². The van der Waals surface area contributed by atoms with Gasteiger partial charge in [-0.25, -0.2) is 0 Å². The summed E-state index contributed by atoms with van der Waals surface area (Å²) >= 11 is 0. The number of carbonyl (C=O) groups is 1. The van der Waals surface area contributed by atoms with Crippen LogP contribution in [0.15, 0.2) is 59.8 Å². The molecule has 232 valence electrons. The van der Waals surface area contributed by atoms with Crippen LogP contribution >= 0.6 is 0 Å². The van der Waals surface area contributed by atoms with Gasteiger partial charge < -0.3 is 16.4 Å². The molecule has 0 aromatic heterocycles. The van der Waals surface area contributed by atoms with Crippen LogP contribution in [-0.4, -0.2) is 19.0 Å². The fourth-order valence-corrected chi connectivity index (χ4v) is 4.27. The van der Waals surface area contributed by atoms with Crippen LogP contribution in [0.3, 0.4) is 0 Å². The maximum Gasteiger partial charge on any atom is 0.418 e. The average molecular weight is 590 g/mol. The van der Waals surface area contributed by atoms with E-state index in [0.717, 1.165) is 60.7 Å². The van der Waals surface area contributed by atoms with Gasteiger partial charge in [-0.15, -0.1) is 0 Å². The third-order valence-corrected chi connectivity index (χ3v) is 6.42. The Morgan fingerprint density at radius 1 is 0.829 bits per heavy atom. The van der Waals surface area contributed by atoms with E-state index < -0.39 is 23.5 Å². The topological polar surface area (TPSA) is 72.3 Å². The second-order valence-corrected chi connectivity index (χ2v) is 9.49. The first kappa shape index (κ1) is 38.0. The summed E-state index contributed by atoms with van der Waals surface area (Å²) in [6.45, 7) is 9.21. The van der Waals surface area contributed by atoms with Gasteiger partial charge in [-0.2, -0.15) is 26.3 Å². The number of amides is 1. The van der Waals surface area contributed by atoms with E-state index in [-0.39, 0.29) is 17.6 Å². The maximum atomic E-state index is 13.2. The molecule has 2 aromatic carbocycles. The molecular formula is C31H45F6N3O. The Morgan fingerprint density at radius 2 is 1.34 bits per heavy atom. The van der Waals surface area contributed by atoms with Crippen LogP contribution < -0.4 is 16.4 Å². The minimum atomic E-state index is -4.47. The van der Waals surface area contributed by atoms with Crippen molar-refractivity contribution in [1.29, 1.82) is 0 Å². The third-order valence-electron chi connectivity index (χ3n) is 6.42. The van der Waals surface area contributed by atoms with Gasteiger partial charge in [0, 0.05) is 18.7 Å². The van der Waals surface area contributed by atoms with Gasteiger partial charge in [-0.05, 0) is 75.9 Å². The molecule has 1 amide bonds. The van der Waals surface area contributed by atoms with Crippen molar-refractivity contribution in [1.82, 2.24) is 0 Å². The predicted molar refractivity (Wildman–Crippen MR) is 155 cm³/mol. The Kier molecular flexibility index (Phi) is 17.1. The highest BCUT2D eigenvalue weighted by Crippen LogP contribution is 2.38. The van der Waals surface area contributed by atoms with Gasteiger partial charge in [-0.1, -0.05) is 63.5 Å². The van der Waals surface area contributed by atoms with E-state index in [0.29, 0.717) is 19.3 Å². The quantitative estimate of drug-likeness (QED) is 0.272. The van der Waals surface area contributed by atoms with Crippen molar-refractivity contribution in [3.8, 4) is 0 Å². The maximum absolute atomic E-state index is 13.2. The molecule has 0 aliphatic rings. The third kappa shape index (κ3) is 13.0. The number of aryl methyl sites for hydroxylation is 1. The normalized spacial score (nSPS) is 12.0. The Morgan fingerprint density at radius 3 is 1.76 bits per heavy atom. The zero-order valence-electron chi connectivity index (χ0n) is 24.9. The van der Waals surface area contributed by atoms with Crippen molar-refractivity contribution >= 4 is 11.6 Å². The Labute approximate surface area is 240 Å². The molecule has 0 saturated carbocycles. The number of alkyl halides is 6. The Hall–Kier alpha value is -3.01. The second kappa shape index (κ2) is 18.4. The fraction of sp³-hybridized carbons (Fsp3) is 0.516. The predicted octanol–water partition coefficient (Wildman–Crippen LogP) is 8.88. The zero-order chi connectivity index (χ0) is 31.8. The molecule has 41 heavy (non-hydrogen) atoms. The fourth-order valence-electron chi connectivity index (χ4n) is 4.27. The number of nitrogens with two attached hydrogens (primary N) is 2. The zero-order valence-corrected chi connectivity index (χ0v) is 24.9. The van der Waals surface area contributed by atoms with Crippen molar-refractivity contribution in [2.24, 2.45) is 11.5 Å². The lowest BCUT2D eigenvalue weighted by Gasteiger charge is -2.32. The van der Waals surface area contributed by atoms with Gasteiger partial charge in [0.25, 0.3) is 0 Å². The first-order valence-corrected chi connectivity index (χ1v) is 13.8. The summed E-state index contributed by atoms with van der Waals surface area (Å²) in [5, 5.41) is 0. The van der Waals surface area contributed by atoms with Crippen LogP contribution in [0.5, 0.6) is 0 Å². The van der Waals surface area contributed by atoms with Crippen LogP contribution in [0.4, 0.5) is 32.0 Å². The van der Waals surface area contributed by atoms with E-state index >= 15 is 0 Å². The molecule has 0 atom stereocenters. The van der Waals surface area contributed by atoms with E-state index in [1.165, 1.54) is 49.2 Å². The van der Waals surface area contributed by atoms with Crippen LogP contribution in [0.1, 0.15) is 89.8 Å². The van der Waals surface area contributed by atoms with E-state index in [4.69, 9.17) is 5.73 Å². The summed E-state index contributed by atoms with van der Waals surface area (Å²) in [4.78, 5) is 13.3. The molecule has 4 nitrogen and oxygen atoms in total. The van der Waals surface area contributed by atoms with Crippen molar-refractivity contribution in [3.63, 3.8) is 0 Å². The van der Waals surface area contributed by atoms with Crippen LogP contribution in [0.25, 0.3) is 0 Å². The van der Waals surface area contributed by atoms with Gasteiger partial charge in [0.15, 0.2) is 0 Å². The standard InChI is InChI=1S/C16H22F3NO.C14H18F3N.CH5N/c1-4-8-13(9-5-2)20(12(3)21)15-11-7-6-10-14(15)16(17,18)19;1-3-13(18)10(2)4-5-11-6-8-12(9-7-11)14(15,16)17;1-2/h6-7,10-11,13H,4-5,8-9H2,1-3H3;6-9H,3-5,18H2,1-2H3;2H2,1H3/b;13-10-;.